The SMILES string of the molecule is C=C(/C=C\C(=C/C)c1cc(-n2c3ccccc3c3ccccc32)nc(-n2c3ccccc3c3ccccc32)c1)n1c2ccccc2c2ccccc21. The topological polar surface area (TPSA) is 27.7 Å². The molecule has 10 aromatic rings. The Kier molecular flexibility index (Phi) is 6.83. The summed E-state index contributed by atoms with van der Waals surface area (Å²) in [7, 11) is 0. The van der Waals surface area contributed by atoms with Gasteiger partial charge in [0.25, 0.3) is 0 Å². The molecule has 246 valence electrons. The highest BCUT2D eigenvalue weighted by Crippen LogP contribution is 2.36. The van der Waals surface area contributed by atoms with Crippen molar-refractivity contribution >= 4 is 76.7 Å². The summed E-state index contributed by atoms with van der Waals surface area (Å²) in [5.41, 5.74) is 9.83. The van der Waals surface area contributed by atoms with Gasteiger partial charge in [-0.3, -0.25) is 9.13 Å². The Morgan fingerprint density at radius 2 is 0.788 bits per heavy atom. The molecule has 4 aromatic heterocycles. The Morgan fingerprint density at radius 1 is 0.462 bits per heavy atom. The smallest absolute Gasteiger partial charge is 0.140 e. The highest BCUT2D eigenvalue weighted by Gasteiger charge is 2.18. The number of para-hydroxylation sites is 6. The molecule has 10 rings (SSSR count). The maximum Gasteiger partial charge on any atom is 0.140 e. The molecule has 0 unspecified atom stereocenters. The fourth-order valence-corrected chi connectivity index (χ4v) is 8.09. The van der Waals surface area contributed by atoms with Gasteiger partial charge >= 0.3 is 0 Å². The fraction of sp³-hybridized carbons (Fsp3) is 0.0208. The van der Waals surface area contributed by atoms with E-state index in [0.29, 0.717) is 0 Å². The number of rotatable bonds is 6. The van der Waals surface area contributed by atoms with Gasteiger partial charge in [-0.05, 0) is 72.7 Å². The highest BCUT2D eigenvalue weighted by molar-refractivity contribution is 6.11. The average molecular weight is 667 g/mol. The quantitative estimate of drug-likeness (QED) is 0.162. The number of fused-ring (bicyclic) bond motifs is 9. The van der Waals surface area contributed by atoms with E-state index >= 15 is 0 Å². The number of benzene rings is 6. The Hall–Kier alpha value is -6.91. The van der Waals surface area contributed by atoms with Crippen LogP contribution in [-0.4, -0.2) is 18.7 Å². The van der Waals surface area contributed by atoms with Crippen molar-refractivity contribution in [2.45, 2.75) is 6.92 Å². The summed E-state index contributed by atoms with van der Waals surface area (Å²) < 4.78 is 6.87. The van der Waals surface area contributed by atoms with Gasteiger partial charge in [-0.15, -0.1) is 0 Å². The molecule has 52 heavy (non-hydrogen) atoms. The maximum atomic E-state index is 5.49. The van der Waals surface area contributed by atoms with Crippen LogP contribution in [0.2, 0.25) is 0 Å². The molecule has 4 heterocycles. The van der Waals surface area contributed by atoms with Crippen LogP contribution in [0.25, 0.3) is 88.3 Å². The zero-order chi connectivity index (χ0) is 34.8. The number of nitrogens with zero attached hydrogens (tertiary/aromatic N) is 4. The van der Waals surface area contributed by atoms with E-state index in [0.717, 1.165) is 61.6 Å². The van der Waals surface area contributed by atoms with Crippen molar-refractivity contribution in [3.8, 4) is 11.6 Å². The third kappa shape index (κ3) is 4.51. The van der Waals surface area contributed by atoms with Crippen molar-refractivity contribution in [2.75, 3.05) is 0 Å². The lowest BCUT2D eigenvalue weighted by molar-refractivity contribution is 1.01. The van der Waals surface area contributed by atoms with Gasteiger partial charge in [0.1, 0.15) is 11.6 Å². The van der Waals surface area contributed by atoms with Gasteiger partial charge in [0.15, 0.2) is 0 Å². The lowest BCUT2D eigenvalue weighted by Gasteiger charge is -2.15. The highest BCUT2D eigenvalue weighted by atomic mass is 15.1. The van der Waals surface area contributed by atoms with E-state index < -0.39 is 0 Å². The Morgan fingerprint density at radius 3 is 1.15 bits per heavy atom. The minimum absolute atomic E-state index is 0.862. The predicted octanol–water partition coefficient (Wildman–Crippen LogP) is 12.5. The minimum Gasteiger partial charge on any atom is -0.310 e. The summed E-state index contributed by atoms with van der Waals surface area (Å²) >= 11 is 0. The first-order chi connectivity index (χ1) is 25.7. The van der Waals surface area contributed by atoms with E-state index in [1.165, 1.54) is 32.3 Å². The molecule has 0 spiro atoms. The molecule has 0 saturated heterocycles. The Balaban J connectivity index is 1.19. The van der Waals surface area contributed by atoms with Crippen molar-refractivity contribution in [2.24, 2.45) is 0 Å². The summed E-state index contributed by atoms with van der Waals surface area (Å²) in [5.74, 6) is 1.72. The molecule has 0 radical (unpaired) electrons. The first-order valence-corrected chi connectivity index (χ1v) is 17.7. The van der Waals surface area contributed by atoms with Crippen LogP contribution in [0, 0.1) is 0 Å². The first kappa shape index (κ1) is 30.0. The van der Waals surface area contributed by atoms with E-state index in [9.17, 15) is 0 Å². The molecule has 0 atom stereocenters. The average Bonchev–Trinajstić information content (AvgIpc) is 3.84. The van der Waals surface area contributed by atoms with Crippen LogP contribution >= 0.6 is 0 Å². The molecule has 0 aliphatic rings. The third-order valence-corrected chi connectivity index (χ3v) is 10.4. The molecule has 0 amide bonds. The number of aromatic nitrogens is 4. The van der Waals surface area contributed by atoms with Gasteiger partial charge in [0, 0.05) is 38.0 Å². The maximum absolute atomic E-state index is 5.49. The molecule has 0 fully saturated rings. The molecular formula is C48H34N4. The van der Waals surface area contributed by atoms with Crippen LogP contribution in [0.1, 0.15) is 12.5 Å². The van der Waals surface area contributed by atoms with Crippen molar-refractivity contribution < 1.29 is 0 Å². The Labute approximate surface area is 301 Å². The first-order valence-electron chi connectivity index (χ1n) is 17.7. The van der Waals surface area contributed by atoms with Crippen LogP contribution < -0.4 is 0 Å². The summed E-state index contributed by atoms with van der Waals surface area (Å²) in [4.78, 5) is 5.49. The molecular weight excluding hydrogens is 633 g/mol. The largest absolute Gasteiger partial charge is 0.310 e. The standard InChI is InChI=1S/C48H34N4/c1-3-33(29-28-32(2)50-41-22-10-4-16-35(41)36-17-5-11-23-42(36)50)34-30-47(51-43-24-12-6-18-37(43)38-19-7-13-25-44(38)51)49-48(31-34)52-45-26-14-8-20-39(45)40-21-9-15-27-46(40)52/h3-31H,2H2,1H3/b29-28-,33-3+. The number of hydrogen-bond acceptors (Lipinski definition) is 1. The third-order valence-electron chi connectivity index (χ3n) is 10.4. The predicted molar refractivity (Wildman–Crippen MR) is 220 cm³/mol. The molecule has 0 saturated carbocycles. The van der Waals surface area contributed by atoms with Crippen molar-refractivity contribution in [3.63, 3.8) is 0 Å². The molecule has 0 bridgehead atoms. The minimum atomic E-state index is 0.862. The van der Waals surface area contributed by atoms with Crippen molar-refractivity contribution in [1.29, 1.82) is 0 Å². The second kappa shape index (κ2) is 11.9. The summed E-state index contributed by atoms with van der Waals surface area (Å²) in [6.07, 6.45) is 6.50. The van der Waals surface area contributed by atoms with Crippen molar-refractivity contribution in [3.05, 3.63) is 188 Å². The lowest BCUT2D eigenvalue weighted by Crippen LogP contribution is -2.05. The molecule has 0 N–H and O–H groups in total. The van der Waals surface area contributed by atoms with E-state index in [1.54, 1.807) is 0 Å². The number of hydrogen-bond donors (Lipinski definition) is 0. The fourth-order valence-electron chi connectivity index (χ4n) is 8.09. The van der Waals surface area contributed by atoms with Gasteiger partial charge in [-0.1, -0.05) is 128 Å². The van der Waals surface area contributed by atoms with Gasteiger partial charge in [0.2, 0.25) is 0 Å². The van der Waals surface area contributed by atoms with Gasteiger partial charge in [-0.25, -0.2) is 4.98 Å². The van der Waals surface area contributed by atoms with E-state index in [2.05, 4.69) is 203 Å². The molecule has 0 aliphatic heterocycles. The molecule has 6 aromatic carbocycles. The van der Waals surface area contributed by atoms with Gasteiger partial charge in [0.05, 0.1) is 33.1 Å². The zero-order valence-corrected chi connectivity index (χ0v) is 28.7. The monoisotopic (exact) mass is 666 g/mol. The van der Waals surface area contributed by atoms with Gasteiger partial charge in [-0.2, -0.15) is 0 Å². The van der Waals surface area contributed by atoms with E-state index in [1.807, 2.05) is 0 Å². The zero-order valence-electron chi connectivity index (χ0n) is 28.7. The lowest BCUT2D eigenvalue weighted by atomic mass is 10.1. The summed E-state index contributed by atoms with van der Waals surface area (Å²) in [6, 6.07) is 56.0. The Bertz CT molecular complexity index is 2810. The van der Waals surface area contributed by atoms with Crippen LogP contribution in [-0.2, 0) is 0 Å². The second-order valence-corrected chi connectivity index (χ2v) is 13.3. The van der Waals surface area contributed by atoms with Crippen LogP contribution in [0.15, 0.2) is 183 Å². The second-order valence-electron chi connectivity index (χ2n) is 13.3. The molecule has 4 heteroatoms. The van der Waals surface area contributed by atoms with Gasteiger partial charge < -0.3 is 4.57 Å². The molecule has 0 aliphatic carbocycles. The summed E-state index contributed by atoms with van der Waals surface area (Å²) in [6.45, 7) is 6.68. The normalized spacial score (nSPS) is 12.4. The summed E-state index contributed by atoms with van der Waals surface area (Å²) in [5, 5.41) is 7.27. The van der Waals surface area contributed by atoms with Crippen molar-refractivity contribution in [1.82, 2.24) is 18.7 Å². The van der Waals surface area contributed by atoms with Crippen LogP contribution in [0.4, 0.5) is 0 Å². The van der Waals surface area contributed by atoms with E-state index in [-0.39, 0.29) is 0 Å². The number of allylic oxidation sites excluding steroid dienone is 5. The van der Waals surface area contributed by atoms with E-state index in [4.69, 9.17) is 4.98 Å². The van der Waals surface area contributed by atoms with Crippen LogP contribution in [0.5, 0.6) is 0 Å². The molecule has 4 nitrogen and oxygen atoms in total. The number of pyridine rings is 1. The van der Waals surface area contributed by atoms with Crippen LogP contribution in [0.3, 0.4) is 0 Å².